The normalized spacial score (nSPS) is 10.5. The molecule has 2 aromatic carbocycles. The van der Waals surface area contributed by atoms with Gasteiger partial charge in [-0.25, -0.2) is 5.84 Å². The lowest BCUT2D eigenvalue weighted by atomic mass is 10.2. The van der Waals surface area contributed by atoms with Gasteiger partial charge in [0.2, 0.25) is 5.95 Å². The van der Waals surface area contributed by atoms with E-state index >= 15 is 0 Å². The summed E-state index contributed by atoms with van der Waals surface area (Å²) in [7, 11) is 0. The van der Waals surface area contributed by atoms with Gasteiger partial charge in [0, 0.05) is 5.56 Å². The van der Waals surface area contributed by atoms with E-state index in [0.29, 0.717) is 36.8 Å². The molecule has 0 aliphatic rings. The van der Waals surface area contributed by atoms with E-state index in [1.54, 1.807) is 18.2 Å². The van der Waals surface area contributed by atoms with Crippen LogP contribution in [0.15, 0.2) is 48.5 Å². The highest BCUT2D eigenvalue weighted by atomic mass is 16.5. The van der Waals surface area contributed by atoms with Crippen LogP contribution in [-0.4, -0.2) is 33.3 Å². The quantitative estimate of drug-likeness (QED) is 0.453. The van der Waals surface area contributed by atoms with Gasteiger partial charge in [-0.3, -0.25) is 5.01 Å². The minimum atomic E-state index is -0.407. The molecule has 0 fully saturated rings. The number of aromatic nitrogens is 3. The van der Waals surface area contributed by atoms with Crippen molar-refractivity contribution in [2.75, 3.05) is 18.2 Å². The first-order chi connectivity index (χ1) is 13.6. The largest absolute Gasteiger partial charge is 0.490 e. The van der Waals surface area contributed by atoms with Crippen LogP contribution in [0.4, 0.5) is 5.95 Å². The molecule has 3 N–H and O–H groups in total. The lowest BCUT2D eigenvalue weighted by molar-refractivity contribution is 0.288. The standard InChI is InChI=1S/C20H23N5O3/c1-3-27-16-11-10-15(12-17(16)28-4-2)18-22-19(24-20(26)23-18)25(21)13-14-8-6-5-7-9-14/h5-12H,3-4,13,21H2,1-2H3,(H,22,23,24,26). The van der Waals surface area contributed by atoms with Gasteiger partial charge in [0.15, 0.2) is 17.3 Å². The number of hydrazine groups is 1. The second kappa shape index (κ2) is 9.01. The third-order valence-electron chi connectivity index (χ3n) is 3.87. The van der Waals surface area contributed by atoms with Crippen molar-refractivity contribution in [1.29, 1.82) is 0 Å². The Hall–Kier alpha value is -3.39. The first-order valence-corrected chi connectivity index (χ1v) is 9.02. The van der Waals surface area contributed by atoms with Gasteiger partial charge in [-0.1, -0.05) is 30.3 Å². The average molecular weight is 381 g/mol. The average Bonchev–Trinajstić information content (AvgIpc) is 2.70. The topological polar surface area (TPSA) is 107 Å². The zero-order valence-electron chi connectivity index (χ0n) is 15.9. The molecule has 146 valence electrons. The molecule has 3 aromatic rings. The van der Waals surface area contributed by atoms with Gasteiger partial charge in [-0.05, 0) is 37.6 Å². The van der Waals surface area contributed by atoms with Gasteiger partial charge in [-0.15, -0.1) is 0 Å². The Kier molecular flexibility index (Phi) is 6.23. The number of anilines is 1. The van der Waals surface area contributed by atoms with Crippen LogP contribution >= 0.6 is 0 Å². The van der Waals surface area contributed by atoms with Gasteiger partial charge in [-0.2, -0.15) is 15.0 Å². The van der Waals surface area contributed by atoms with Gasteiger partial charge in [0.05, 0.1) is 19.8 Å². The molecule has 1 heterocycles. The first kappa shape index (κ1) is 19.4. The summed E-state index contributed by atoms with van der Waals surface area (Å²) >= 11 is 0. The molecule has 8 nitrogen and oxygen atoms in total. The van der Waals surface area contributed by atoms with E-state index in [9.17, 15) is 5.11 Å². The minimum absolute atomic E-state index is 0.165. The van der Waals surface area contributed by atoms with Crippen LogP contribution in [0.25, 0.3) is 11.4 Å². The van der Waals surface area contributed by atoms with Crippen LogP contribution < -0.4 is 20.3 Å². The summed E-state index contributed by atoms with van der Waals surface area (Å²) < 4.78 is 11.2. The van der Waals surface area contributed by atoms with E-state index < -0.39 is 6.01 Å². The summed E-state index contributed by atoms with van der Waals surface area (Å²) in [6, 6.07) is 14.6. The van der Waals surface area contributed by atoms with Crippen LogP contribution in [0.5, 0.6) is 17.5 Å². The highest BCUT2D eigenvalue weighted by molar-refractivity contribution is 5.62. The lowest BCUT2D eigenvalue weighted by Gasteiger charge is -2.17. The molecule has 0 aliphatic carbocycles. The second-order valence-corrected chi connectivity index (χ2v) is 5.90. The molecule has 0 saturated carbocycles. The number of hydrogen-bond acceptors (Lipinski definition) is 8. The molecule has 0 bridgehead atoms. The summed E-state index contributed by atoms with van der Waals surface area (Å²) in [6.45, 7) is 5.20. The molecule has 0 atom stereocenters. The van der Waals surface area contributed by atoms with E-state index in [-0.39, 0.29) is 11.8 Å². The SMILES string of the molecule is CCOc1ccc(-c2nc(O)nc(N(N)Cc3ccccc3)n2)cc1OCC. The summed E-state index contributed by atoms with van der Waals surface area (Å²) in [5, 5.41) is 11.3. The Morgan fingerprint density at radius 2 is 1.64 bits per heavy atom. The van der Waals surface area contributed by atoms with E-state index in [2.05, 4.69) is 15.0 Å². The number of rotatable bonds is 8. The molecule has 0 saturated heterocycles. The maximum Gasteiger partial charge on any atom is 0.319 e. The molecular weight excluding hydrogens is 358 g/mol. The maximum absolute atomic E-state index is 9.98. The fourth-order valence-corrected chi connectivity index (χ4v) is 2.65. The molecule has 8 heteroatoms. The van der Waals surface area contributed by atoms with Crippen molar-refractivity contribution in [3.63, 3.8) is 0 Å². The molecule has 0 radical (unpaired) electrons. The number of aromatic hydroxyl groups is 1. The number of ether oxygens (including phenoxy) is 2. The van der Waals surface area contributed by atoms with Crippen molar-refractivity contribution >= 4 is 5.95 Å². The van der Waals surface area contributed by atoms with Crippen LogP contribution in [0.1, 0.15) is 19.4 Å². The first-order valence-electron chi connectivity index (χ1n) is 9.02. The summed E-state index contributed by atoms with van der Waals surface area (Å²) in [6.07, 6.45) is 0. The molecule has 0 unspecified atom stereocenters. The zero-order valence-corrected chi connectivity index (χ0v) is 15.9. The fourth-order valence-electron chi connectivity index (χ4n) is 2.65. The second-order valence-electron chi connectivity index (χ2n) is 5.90. The van der Waals surface area contributed by atoms with Crippen LogP contribution in [0.3, 0.4) is 0 Å². The number of benzene rings is 2. The Labute approximate surface area is 163 Å². The van der Waals surface area contributed by atoms with Crippen LogP contribution in [0, 0.1) is 0 Å². The van der Waals surface area contributed by atoms with Crippen molar-refractivity contribution in [2.24, 2.45) is 5.84 Å². The molecular formula is C20H23N5O3. The van der Waals surface area contributed by atoms with E-state index in [1.165, 1.54) is 5.01 Å². The minimum Gasteiger partial charge on any atom is -0.490 e. The Morgan fingerprint density at radius 3 is 2.36 bits per heavy atom. The maximum atomic E-state index is 9.98. The van der Waals surface area contributed by atoms with Crippen LogP contribution in [-0.2, 0) is 6.54 Å². The Bertz CT molecular complexity index is 921. The van der Waals surface area contributed by atoms with Crippen molar-refractivity contribution in [1.82, 2.24) is 15.0 Å². The summed E-state index contributed by atoms with van der Waals surface area (Å²) in [4.78, 5) is 12.4. The third kappa shape index (κ3) is 4.66. The highest BCUT2D eigenvalue weighted by Gasteiger charge is 2.15. The molecule has 1 aromatic heterocycles. The van der Waals surface area contributed by atoms with Crippen molar-refractivity contribution in [2.45, 2.75) is 20.4 Å². The smallest absolute Gasteiger partial charge is 0.319 e. The molecule has 0 aliphatic heterocycles. The van der Waals surface area contributed by atoms with Crippen LogP contribution in [0.2, 0.25) is 0 Å². The monoisotopic (exact) mass is 381 g/mol. The molecule has 3 rings (SSSR count). The zero-order chi connectivity index (χ0) is 19.9. The summed E-state index contributed by atoms with van der Waals surface area (Å²) in [5.41, 5.74) is 1.64. The van der Waals surface area contributed by atoms with Gasteiger partial charge < -0.3 is 14.6 Å². The molecule has 0 spiro atoms. The number of nitrogens with two attached hydrogens (primary N) is 1. The Balaban J connectivity index is 1.91. The van der Waals surface area contributed by atoms with Gasteiger partial charge >= 0.3 is 6.01 Å². The van der Waals surface area contributed by atoms with E-state index in [4.69, 9.17) is 15.3 Å². The Morgan fingerprint density at radius 1 is 0.929 bits per heavy atom. The van der Waals surface area contributed by atoms with Crippen molar-refractivity contribution in [3.05, 3.63) is 54.1 Å². The predicted molar refractivity (Wildman–Crippen MR) is 106 cm³/mol. The van der Waals surface area contributed by atoms with Crippen molar-refractivity contribution in [3.8, 4) is 28.9 Å². The summed E-state index contributed by atoms with van der Waals surface area (Å²) in [5.74, 6) is 7.78. The molecule has 0 amide bonds. The molecule has 28 heavy (non-hydrogen) atoms. The third-order valence-corrected chi connectivity index (χ3v) is 3.87. The fraction of sp³-hybridized carbons (Fsp3) is 0.250. The van der Waals surface area contributed by atoms with E-state index in [0.717, 1.165) is 5.56 Å². The van der Waals surface area contributed by atoms with E-state index in [1.807, 2.05) is 44.2 Å². The number of nitrogens with zero attached hydrogens (tertiary/aromatic N) is 4. The van der Waals surface area contributed by atoms with Gasteiger partial charge in [0.25, 0.3) is 0 Å². The van der Waals surface area contributed by atoms with Gasteiger partial charge in [0.1, 0.15) is 0 Å². The van der Waals surface area contributed by atoms with Crippen molar-refractivity contribution < 1.29 is 14.6 Å². The predicted octanol–water partition coefficient (Wildman–Crippen LogP) is 2.92. The lowest BCUT2D eigenvalue weighted by Crippen LogP contribution is -2.32. The highest BCUT2D eigenvalue weighted by Crippen LogP contribution is 2.32. The number of hydrogen-bond donors (Lipinski definition) is 2.